The number of Topliss-reactive ketones (excluding diaryl/α,β-unsaturated/α-hetero) is 1. The molecule has 1 aliphatic carbocycles. The van der Waals surface area contributed by atoms with E-state index in [1.165, 1.54) is 0 Å². The first-order valence-electron chi connectivity index (χ1n) is 9.04. The number of nitrogens with two attached hydrogens (primary N) is 1. The van der Waals surface area contributed by atoms with Gasteiger partial charge in [0.05, 0.1) is 5.92 Å². The molecule has 2 aromatic rings. The molecule has 4 rings (SSSR count). The van der Waals surface area contributed by atoms with Crippen molar-refractivity contribution in [3.8, 4) is 6.07 Å². The number of hydrogen-bond acceptors (Lipinski definition) is 4. The van der Waals surface area contributed by atoms with Gasteiger partial charge in [0.1, 0.15) is 17.4 Å². The van der Waals surface area contributed by atoms with E-state index in [2.05, 4.69) is 6.07 Å². The van der Waals surface area contributed by atoms with Crippen LogP contribution in [0.5, 0.6) is 0 Å². The minimum Gasteiger partial charge on any atom is -0.444 e. The van der Waals surface area contributed by atoms with E-state index in [4.69, 9.17) is 10.5 Å². The van der Waals surface area contributed by atoms with Crippen molar-refractivity contribution in [3.05, 3.63) is 94.1 Å². The van der Waals surface area contributed by atoms with E-state index in [-0.39, 0.29) is 17.6 Å². The summed E-state index contributed by atoms with van der Waals surface area (Å²) in [6, 6.07) is 20.0. The number of rotatable bonds is 2. The van der Waals surface area contributed by atoms with Gasteiger partial charge < -0.3 is 10.5 Å². The number of carbonyl (C=O) groups is 1. The molecule has 0 fully saturated rings. The maximum atomic E-state index is 13.1. The van der Waals surface area contributed by atoms with Gasteiger partial charge in [0, 0.05) is 18.4 Å². The molecule has 0 radical (unpaired) electrons. The number of ether oxygens (including phenoxy) is 1. The van der Waals surface area contributed by atoms with Gasteiger partial charge in [0.15, 0.2) is 5.78 Å². The molecule has 0 unspecified atom stereocenters. The number of aryl methyl sites for hydroxylation is 1. The summed E-state index contributed by atoms with van der Waals surface area (Å²) in [5.74, 6) is 0.331. The summed E-state index contributed by atoms with van der Waals surface area (Å²) in [6.07, 6.45) is 1.01. The molecular formula is C23H20N2O2. The van der Waals surface area contributed by atoms with E-state index in [1.807, 2.05) is 61.5 Å². The quantitative estimate of drug-likeness (QED) is 0.875. The second-order valence-electron chi connectivity index (χ2n) is 7.11. The number of ketones is 1. The van der Waals surface area contributed by atoms with Crippen LogP contribution in [0.25, 0.3) is 0 Å². The maximum Gasteiger partial charge on any atom is 0.205 e. The van der Waals surface area contributed by atoms with E-state index in [1.54, 1.807) is 0 Å². The lowest BCUT2D eigenvalue weighted by Gasteiger charge is -2.34. The van der Waals surface area contributed by atoms with Gasteiger partial charge >= 0.3 is 0 Å². The Bertz CT molecular complexity index is 995. The highest BCUT2D eigenvalue weighted by Gasteiger charge is 2.40. The molecule has 2 atom stereocenters. The normalized spacial score (nSPS) is 22.1. The zero-order valence-corrected chi connectivity index (χ0v) is 15.1. The Labute approximate surface area is 158 Å². The fourth-order valence-corrected chi connectivity index (χ4v) is 3.96. The van der Waals surface area contributed by atoms with Crippen molar-refractivity contribution < 1.29 is 9.53 Å². The SMILES string of the molecule is Cc1ccc([C@H]2C(C#N)=C(N)OC3=C2C(=O)C[C@H](c2ccccc2)C3)cc1. The molecule has 2 aliphatic rings. The van der Waals surface area contributed by atoms with Gasteiger partial charge in [0.25, 0.3) is 0 Å². The predicted molar refractivity (Wildman–Crippen MR) is 102 cm³/mol. The van der Waals surface area contributed by atoms with Gasteiger partial charge in [-0.05, 0) is 24.0 Å². The zero-order chi connectivity index (χ0) is 19.0. The first-order valence-corrected chi connectivity index (χ1v) is 9.04. The van der Waals surface area contributed by atoms with Crippen LogP contribution >= 0.6 is 0 Å². The van der Waals surface area contributed by atoms with Crippen LogP contribution in [-0.4, -0.2) is 5.78 Å². The molecule has 0 aromatic heterocycles. The average Bonchev–Trinajstić information content (AvgIpc) is 2.68. The van der Waals surface area contributed by atoms with Crippen molar-refractivity contribution in [2.24, 2.45) is 5.73 Å². The highest BCUT2D eigenvalue weighted by atomic mass is 16.5. The minimum absolute atomic E-state index is 0.0240. The Kier molecular flexibility index (Phi) is 4.29. The summed E-state index contributed by atoms with van der Waals surface area (Å²) in [5, 5.41) is 9.65. The van der Waals surface area contributed by atoms with Crippen molar-refractivity contribution in [2.75, 3.05) is 0 Å². The number of nitrogens with zero attached hydrogens (tertiary/aromatic N) is 1. The van der Waals surface area contributed by atoms with Crippen LogP contribution in [0, 0.1) is 18.3 Å². The van der Waals surface area contributed by atoms with Crippen LogP contribution in [0.15, 0.2) is 77.4 Å². The molecule has 1 heterocycles. The lowest BCUT2D eigenvalue weighted by molar-refractivity contribution is -0.117. The number of hydrogen-bond donors (Lipinski definition) is 1. The van der Waals surface area contributed by atoms with Gasteiger partial charge in [0.2, 0.25) is 5.88 Å². The molecule has 0 spiro atoms. The predicted octanol–water partition coefficient (Wildman–Crippen LogP) is 4.20. The second kappa shape index (κ2) is 6.77. The Morgan fingerprint density at radius 2 is 1.74 bits per heavy atom. The minimum atomic E-state index is -0.455. The molecule has 134 valence electrons. The van der Waals surface area contributed by atoms with Crippen molar-refractivity contribution in [1.29, 1.82) is 5.26 Å². The third kappa shape index (κ3) is 3.02. The summed E-state index contributed by atoms with van der Waals surface area (Å²) in [7, 11) is 0. The first-order chi connectivity index (χ1) is 13.1. The van der Waals surface area contributed by atoms with Crippen LogP contribution in [0.4, 0.5) is 0 Å². The van der Waals surface area contributed by atoms with Crippen LogP contribution < -0.4 is 5.73 Å². The summed E-state index contributed by atoms with van der Waals surface area (Å²) >= 11 is 0. The molecule has 4 heteroatoms. The standard InChI is InChI=1S/C23H20N2O2/c1-14-7-9-16(10-8-14)21-18(13-24)23(25)27-20-12-17(11-19(26)22(20)21)15-5-3-2-4-6-15/h2-10,17,21H,11-12,25H2,1H3/t17-,21-/m0/s1. The van der Waals surface area contributed by atoms with Gasteiger partial charge in [-0.15, -0.1) is 0 Å². The molecule has 4 nitrogen and oxygen atoms in total. The van der Waals surface area contributed by atoms with Crippen molar-refractivity contribution >= 4 is 5.78 Å². The average molecular weight is 356 g/mol. The van der Waals surface area contributed by atoms with Crippen LogP contribution in [0.3, 0.4) is 0 Å². The topological polar surface area (TPSA) is 76.1 Å². The Balaban J connectivity index is 1.79. The number of benzene rings is 2. The van der Waals surface area contributed by atoms with E-state index in [0.29, 0.717) is 29.7 Å². The van der Waals surface area contributed by atoms with Gasteiger partial charge in [-0.25, -0.2) is 0 Å². The number of allylic oxidation sites excluding steroid dienone is 3. The van der Waals surface area contributed by atoms with Crippen molar-refractivity contribution in [1.82, 2.24) is 0 Å². The van der Waals surface area contributed by atoms with Gasteiger partial charge in [-0.3, -0.25) is 4.79 Å². The molecule has 2 N–H and O–H groups in total. The van der Waals surface area contributed by atoms with E-state index < -0.39 is 5.92 Å². The van der Waals surface area contributed by atoms with E-state index >= 15 is 0 Å². The van der Waals surface area contributed by atoms with Crippen molar-refractivity contribution in [3.63, 3.8) is 0 Å². The molecule has 0 bridgehead atoms. The third-order valence-electron chi connectivity index (χ3n) is 5.34. The first kappa shape index (κ1) is 17.1. The second-order valence-corrected chi connectivity index (χ2v) is 7.11. The lowest BCUT2D eigenvalue weighted by Crippen LogP contribution is -2.29. The molecule has 1 aliphatic heterocycles. The zero-order valence-electron chi connectivity index (χ0n) is 15.1. The summed E-state index contributed by atoms with van der Waals surface area (Å²) in [6.45, 7) is 2.00. The fourth-order valence-electron chi connectivity index (χ4n) is 3.96. The number of carbonyl (C=O) groups excluding carboxylic acids is 1. The van der Waals surface area contributed by atoms with Crippen molar-refractivity contribution in [2.45, 2.75) is 31.6 Å². The highest BCUT2D eigenvalue weighted by molar-refractivity contribution is 6.00. The monoisotopic (exact) mass is 356 g/mol. The van der Waals surface area contributed by atoms with E-state index in [9.17, 15) is 10.1 Å². The molecule has 0 amide bonds. The van der Waals surface area contributed by atoms with Crippen LogP contribution in [0.2, 0.25) is 0 Å². The Morgan fingerprint density at radius 3 is 2.41 bits per heavy atom. The summed E-state index contributed by atoms with van der Waals surface area (Å²) in [4.78, 5) is 13.1. The van der Waals surface area contributed by atoms with Crippen LogP contribution in [-0.2, 0) is 9.53 Å². The maximum absolute atomic E-state index is 13.1. The van der Waals surface area contributed by atoms with Gasteiger partial charge in [-0.1, -0.05) is 60.2 Å². The lowest BCUT2D eigenvalue weighted by atomic mass is 9.73. The molecule has 0 saturated carbocycles. The highest BCUT2D eigenvalue weighted by Crippen LogP contribution is 2.46. The number of nitriles is 1. The Morgan fingerprint density at radius 1 is 1.04 bits per heavy atom. The molecule has 27 heavy (non-hydrogen) atoms. The summed E-state index contributed by atoms with van der Waals surface area (Å²) in [5.41, 5.74) is 10.1. The molecular weight excluding hydrogens is 336 g/mol. The summed E-state index contributed by atoms with van der Waals surface area (Å²) < 4.78 is 5.79. The fraction of sp³-hybridized carbons (Fsp3) is 0.217. The molecule has 2 aromatic carbocycles. The van der Waals surface area contributed by atoms with Gasteiger partial charge in [-0.2, -0.15) is 5.26 Å². The Hall–Kier alpha value is -3.32. The van der Waals surface area contributed by atoms with E-state index in [0.717, 1.165) is 16.7 Å². The molecule has 0 saturated heterocycles. The van der Waals surface area contributed by atoms with Crippen LogP contribution in [0.1, 0.15) is 41.4 Å². The third-order valence-corrected chi connectivity index (χ3v) is 5.34. The largest absolute Gasteiger partial charge is 0.444 e. The smallest absolute Gasteiger partial charge is 0.205 e.